The molecule has 0 atom stereocenters. The van der Waals surface area contributed by atoms with Crippen LogP contribution in [0.4, 0.5) is 4.39 Å². The SMILES string of the molecule is NC12CC(CCCCCF)(C1)C2. The maximum Gasteiger partial charge on any atom is 0.0894 e. The lowest BCUT2D eigenvalue weighted by atomic mass is 9.38. The number of rotatable bonds is 5. The molecule has 2 N–H and O–H groups in total. The normalized spacial score (nSPS) is 43.5. The highest BCUT2D eigenvalue weighted by Gasteiger charge is 2.64. The van der Waals surface area contributed by atoms with Crippen LogP contribution in [0.15, 0.2) is 0 Å². The summed E-state index contributed by atoms with van der Waals surface area (Å²) >= 11 is 0. The Balaban J connectivity index is 1.58. The third-order valence-corrected chi connectivity index (χ3v) is 3.52. The molecular weight excluding hydrogens is 153 g/mol. The largest absolute Gasteiger partial charge is 0.325 e. The van der Waals surface area contributed by atoms with Crippen LogP contribution in [-0.2, 0) is 0 Å². The molecule has 0 heterocycles. The van der Waals surface area contributed by atoms with Crippen LogP contribution in [0, 0.1) is 5.41 Å². The van der Waals surface area contributed by atoms with E-state index in [1.165, 1.54) is 32.1 Å². The Morgan fingerprint density at radius 3 is 2.25 bits per heavy atom. The maximum absolute atomic E-state index is 11.8. The van der Waals surface area contributed by atoms with Gasteiger partial charge in [0.05, 0.1) is 6.67 Å². The van der Waals surface area contributed by atoms with E-state index < -0.39 is 0 Å². The summed E-state index contributed by atoms with van der Waals surface area (Å²) in [6, 6.07) is 0. The van der Waals surface area contributed by atoms with E-state index in [-0.39, 0.29) is 12.2 Å². The molecule has 0 saturated heterocycles. The smallest absolute Gasteiger partial charge is 0.0894 e. The van der Waals surface area contributed by atoms with E-state index in [4.69, 9.17) is 5.73 Å². The zero-order chi connectivity index (χ0) is 8.66. The van der Waals surface area contributed by atoms with Gasteiger partial charge in [0.1, 0.15) is 0 Å². The first kappa shape index (κ1) is 8.49. The van der Waals surface area contributed by atoms with Gasteiger partial charge < -0.3 is 5.73 Å². The molecule has 12 heavy (non-hydrogen) atoms. The summed E-state index contributed by atoms with van der Waals surface area (Å²) in [4.78, 5) is 0. The first-order valence-corrected chi connectivity index (χ1v) is 5.03. The number of nitrogens with two attached hydrogens (primary N) is 1. The molecule has 0 aromatic heterocycles. The summed E-state index contributed by atoms with van der Waals surface area (Å²) in [5, 5.41) is 0. The lowest BCUT2D eigenvalue weighted by molar-refractivity contribution is -0.137. The topological polar surface area (TPSA) is 26.0 Å². The lowest BCUT2D eigenvalue weighted by Crippen LogP contribution is -2.71. The van der Waals surface area contributed by atoms with Crippen LogP contribution >= 0.6 is 0 Å². The van der Waals surface area contributed by atoms with Gasteiger partial charge in [0.2, 0.25) is 0 Å². The fourth-order valence-corrected chi connectivity index (χ4v) is 3.12. The molecule has 3 fully saturated rings. The van der Waals surface area contributed by atoms with Gasteiger partial charge in [-0.25, -0.2) is 0 Å². The molecular formula is C10H18FN. The van der Waals surface area contributed by atoms with Gasteiger partial charge in [0, 0.05) is 5.54 Å². The Hall–Kier alpha value is -0.110. The van der Waals surface area contributed by atoms with Crippen LogP contribution in [0.25, 0.3) is 0 Å². The Kier molecular flexibility index (Phi) is 1.90. The van der Waals surface area contributed by atoms with Gasteiger partial charge in [-0.3, -0.25) is 4.39 Å². The van der Waals surface area contributed by atoms with Gasteiger partial charge in [-0.15, -0.1) is 0 Å². The Morgan fingerprint density at radius 2 is 1.75 bits per heavy atom. The lowest BCUT2D eigenvalue weighted by Gasteiger charge is -2.69. The molecule has 0 unspecified atom stereocenters. The molecule has 0 amide bonds. The first-order chi connectivity index (χ1) is 5.68. The Morgan fingerprint density at radius 1 is 1.08 bits per heavy atom. The molecule has 3 saturated carbocycles. The number of alkyl halides is 1. The van der Waals surface area contributed by atoms with E-state index in [0.29, 0.717) is 5.41 Å². The minimum atomic E-state index is -0.145. The molecule has 0 radical (unpaired) electrons. The molecule has 0 aromatic rings. The van der Waals surface area contributed by atoms with E-state index in [9.17, 15) is 4.39 Å². The summed E-state index contributed by atoms with van der Waals surface area (Å²) in [5.74, 6) is 0. The average Bonchev–Trinajstić information content (AvgIpc) is 1.92. The number of unbranched alkanes of at least 4 members (excludes halogenated alkanes) is 2. The van der Waals surface area contributed by atoms with E-state index in [0.717, 1.165) is 12.8 Å². The van der Waals surface area contributed by atoms with Gasteiger partial charge in [-0.05, 0) is 37.5 Å². The highest BCUT2D eigenvalue weighted by Crippen LogP contribution is 2.68. The second kappa shape index (κ2) is 2.69. The monoisotopic (exact) mass is 171 g/mol. The summed E-state index contributed by atoms with van der Waals surface area (Å²) in [7, 11) is 0. The van der Waals surface area contributed by atoms with Crippen LogP contribution in [0.1, 0.15) is 44.9 Å². The predicted molar refractivity (Wildman–Crippen MR) is 47.6 cm³/mol. The van der Waals surface area contributed by atoms with E-state index in [1.807, 2.05) is 0 Å². The molecule has 1 nitrogen and oxygen atoms in total. The van der Waals surface area contributed by atoms with Gasteiger partial charge in [0.25, 0.3) is 0 Å². The molecule has 2 heteroatoms. The highest BCUT2D eigenvalue weighted by molar-refractivity contribution is 5.20. The van der Waals surface area contributed by atoms with Crippen molar-refractivity contribution in [2.75, 3.05) is 6.67 Å². The molecule has 0 spiro atoms. The van der Waals surface area contributed by atoms with Crippen molar-refractivity contribution in [3.05, 3.63) is 0 Å². The van der Waals surface area contributed by atoms with Crippen molar-refractivity contribution in [1.82, 2.24) is 0 Å². The third-order valence-electron chi connectivity index (χ3n) is 3.52. The number of hydrogen-bond acceptors (Lipinski definition) is 1. The van der Waals surface area contributed by atoms with E-state index in [2.05, 4.69) is 0 Å². The van der Waals surface area contributed by atoms with Crippen molar-refractivity contribution in [2.24, 2.45) is 11.1 Å². The zero-order valence-corrected chi connectivity index (χ0v) is 7.61. The van der Waals surface area contributed by atoms with Crippen molar-refractivity contribution in [1.29, 1.82) is 0 Å². The molecule has 70 valence electrons. The number of halogens is 1. The molecule has 3 rings (SSSR count). The fraction of sp³-hybridized carbons (Fsp3) is 1.00. The molecule has 3 aliphatic rings. The predicted octanol–water partition coefficient (Wildman–Crippen LogP) is 2.40. The van der Waals surface area contributed by atoms with Gasteiger partial charge in [0.15, 0.2) is 0 Å². The van der Waals surface area contributed by atoms with Crippen molar-refractivity contribution >= 4 is 0 Å². The number of hydrogen-bond donors (Lipinski definition) is 1. The highest BCUT2D eigenvalue weighted by atomic mass is 19.1. The van der Waals surface area contributed by atoms with Gasteiger partial charge >= 0.3 is 0 Å². The molecule has 0 aliphatic heterocycles. The maximum atomic E-state index is 11.8. The third kappa shape index (κ3) is 1.26. The zero-order valence-electron chi connectivity index (χ0n) is 7.61. The van der Waals surface area contributed by atoms with Crippen LogP contribution in [0.3, 0.4) is 0 Å². The van der Waals surface area contributed by atoms with Crippen molar-refractivity contribution in [3.63, 3.8) is 0 Å². The summed E-state index contributed by atoms with van der Waals surface area (Å²) in [6.45, 7) is -0.145. The van der Waals surface area contributed by atoms with Crippen molar-refractivity contribution in [3.8, 4) is 0 Å². The quantitative estimate of drug-likeness (QED) is 0.631. The van der Waals surface area contributed by atoms with E-state index in [1.54, 1.807) is 0 Å². The van der Waals surface area contributed by atoms with Crippen LogP contribution in [0.2, 0.25) is 0 Å². The van der Waals surface area contributed by atoms with Crippen LogP contribution in [-0.4, -0.2) is 12.2 Å². The summed E-state index contributed by atoms with van der Waals surface area (Å²) in [6.07, 6.45) is 8.06. The van der Waals surface area contributed by atoms with Crippen LogP contribution < -0.4 is 5.73 Å². The second-order valence-electron chi connectivity index (χ2n) is 4.89. The molecule has 0 aromatic carbocycles. The summed E-state index contributed by atoms with van der Waals surface area (Å²) < 4.78 is 11.8. The van der Waals surface area contributed by atoms with Crippen molar-refractivity contribution < 1.29 is 4.39 Å². The summed E-state index contributed by atoms with van der Waals surface area (Å²) in [5.41, 5.74) is 6.82. The minimum absolute atomic E-state index is 0.145. The Labute approximate surface area is 73.5 Å². The fourth-order valence-electron chi connectivity index (χ4n) is 3.12. The standard InChI is InChI=1S/C10H18FN/c11-5-3-1-2-4-9-6-10(12,7-9)8-9/h1-8,12H2. The molecule has 2 bridgehead atoms. The second-order valence-corrected chi connectivity index (χ2v) is 4.89. The molecule has 3 aliphatic carbocycles. The van der Waals surface area contributed by atoms with E-state index >= 15 is 0 Å². The Bertz CT molecular complexity index is 159. The van der Waals surface area contributed by atoms with Gasteiger partial charge in [-0.1, -0.05) is 12.8 Å². The first-order valence-electron chi connectivity index (χ1n) is 5.03. The average molecular weight is 171 g/mol. The van der Waals surface area contributed by atoms with Gasteiger partial charge in [-0.2, -0.15) is 0 Å². The minimum Gasteiger partial charge on any atom is -0.325 e. The van der Waals surface area contributed by atoms with Crippen LogP contribution in [0.5, 0.6) is 0 Å². The van der Waals surface area contributed by atoms with Crippen molar-refractivity contribution in [2.45, 2.75) is 50.5 Å².